The molecule has 1 N–H and O–H groups in total. The number of rotatable bonds is 1. The minimum atomic E-state index is -0.582. The molecule has 0 aliphatic carbocycles. The van der Waals surface area contributed by atoms with E-state index in [0.29, 0.717) is 29.9 Å². The summed E-state index contributed by atoms with van der Waals surface area (Å²) >= 11 is 0. The van der Waals surface area contributed by atoms with E-state index in [9.17, 15) is 14.4 Å². The highest BCUT2D eigenvalue weighted by Crippen LogP contribution is 2.33. The van der Waals surface area contributed by atoms with Crippen molar-refractivity contribution in [3.63, 3.8) is 0 Å². The van der Waals surface area contributed by atoms with Crippen molar-refractivity contribution in [1.82, 2.24) is 14.9 Å². The molecular weight excluding hydrogens is 295 g/mol. The molecule has 0 unspecified atom stereocenters. The van der Waals surface area contributed by atoms with Crippen LogP contribution < -0.4 is 5.32 Å². The molecule has 1 aromatic carbocycles. The maximum Gasteiger partial charge on any atom is 0.268 e. The molecule has 1 amide bonds. The fourth-order valence-electron chi connectivity index (χ4n) is 3.06. The van der Waals surface area contributed by atoms with Crippen LogP contribution in [-0.2, 0) is 6.54 Å². The van der Waals surface area contributed by atoms with Crippen molar-refractivity contribution >= 4 is 16.8 Å². The Balaban J connectivity index is 2.10. The van der Waals surface area contributed by atoms with E-state index in [1.807, 2.05) is 4.57 Å². The lowest BCUT2D eigenvalue weighted by Gasteiger charge is -2.18. The summed E-state index contributed by atoms with van der Waals surface area (Å²) in [6.07, 6.45) is 1.39. The molecule has 0 spiro atoms. The minimum absolute atomic E-state index is 0.141. The van der Waals surface area contributed by atoms with Gasteiger partial charge in [0.25, 0.3) is 5.91 Å². The zero-order chi connectivity index (χ0) is 16.0. The second kappa shape index (κ2) is 4.92. The van der Waals surface area contributed by atoms with Gasteiger partial charge in [-0.15, -0.1) is 0 Å². The van der Waals surface area contributed by atoms with Crippen molar-refractivity contribution in [3.8, 4) is 17.2 Å². The molecule has 0 saturated carbocycles. The van der Waals surface area contributed by atoms with Gasteiger partial charge in [0, 0.05) is 36.3 Å². The first-order valence-electron chi connectivity index (χ1n) is 7.15. The lowest BCUT2D eigenvalue weighted by atomic mass is 10.0. The first-order valence-corrected chi connectivity index (χ1v) is 7.15. The topological polar surface area (TPSA) is 70.7 Å². The Hall–Kier alpha value is -3.20. The average molecular weight is 306 g/mol. The number of benzene rings is 1. The van der Waals surface area contributed by atoms with Gasteiger partial charge in [0.15, 0.2) is 0 Å². The monoisotopic (exact) mass is 306 g/mol. The van der Waals surface area contributed by atoms with E-state index in [1.165, 1.54) is 12.3 Å². The van der Waals surface area contributed by atoms with E-state index in [-0.39, 0.29) is 5.91 Å². The lowest BCUT2D eigenvalue weighted by molar-refractivity contribution is 0.0929. The number of pyridine rings is 1. The number of hydrogen-bond donors (Lipinski definition) is 1. The van der Waals surface area contributed by atoms with Crippen molar-refractivity contribution in [1.29, 1.82) is 5.26 Å². The number of fused-ring (bicyclic) bond motifs is 3. The molecule has 1 aliphatic heterocycles. The molecule has 0 bridgehead atoms. The summed E-state index contributed by atoms with van der Waals surface area (Å²) in [6.45, 7) is 1.18. The maximum atomic E-state index is 13.5. The molecule has 0 fully saturated rings. The Morgan fingerprint density at radius 2 is 2.17 bits per heavy atom. The van der Waals surface area contributed by atoms with Crippen molar-refractivity contribution < 1.29 is 9.18 Å². The molecule has 2 aromatic heterocycles. The number of halogens is 1. The summed E-state index contributed by atoms with van der Waals surface area (Å²) in [5, 5.41) is 12.9. The zero-order valence-electron chi connectivity index (χ0n) is 12.0. The predicted octanol–water partition coefficient (Wildman–Crippen LogP) is 2.46. The van der Waals surface area contributed by atoms with Gasteiger partial charge in [-0.3, -0.25) is 4.79 Å². The summed E-state index contributed by atoms with van der Waals surface area (Å²) in [4.78, 5) is 15.6. The summed E-state index contributed by atoms with van der Waals surface area (Å²) in [5.41, 5.74) is 3.21. The van der Waals surface area contributed by atoms with Crippen molar-refractivity contribution in [3.05, 3.63) is 53.7 Å². The molecule has 6 heteroatoms. The number of nitrogens with zero attached hydrogens (tertiary/aromatic N) is 3. The molecule has 23 heavy (non-hydrogen) atoms. The number of carbonyl (C=O) groups is 1. The number of carbonyl (C=O) groups excluding carboxylic acids is 1. The number of hydrogen-bond acceptors (Lipinski definition) is 3. The molecule has 0 radical (unpaired) electrons. The third kappa shape index (κ3) is 2.06. The van der Waals surface area contributed by atoms with Gasteiger partial charge in [-0.25, -0.2) is 4.98 Å². The largest absolute Gasteiger partial charge is 0.349 e. The Bertz CT molecular complexity index is 1000. The van der Waals surface area contributed by atoms with Gasteiger partial charge in [-0.1, -0.05) is 0 Å². The summed E-state index contributed by atoms with van der Waals surface area (Å²) in [7, 11) is 0. The molecule has 3 heterocycles. The van der Waals surface area contributed by atoms with E-state index in [2.05, 4.69) is 16.4 Å². The van der Waals surface area contributed by atoms with Crippen LogP contribution in [0.5, 0.6) is 0 Å². The SMILES string of the molecule is N#Cc1cc(-c2ccnc(F)c2)c2c(c1)cc1n2CCNC1=O. The van der Waals surface area contributed by atoms with Gasteiger partial charge in [0.1, 0.15) is 5.69 Å². The summed E-state index contributed by atoms with van der Waals surface area (Å²) in [5.74, 6) is -0.723. The fourth-order valence-corrected chi connectivity index (χ4v) is 3.06. The summed E-state index contributed by atoms with van der Waals surface area (Å²) in [6, 6.07) is 10.4. The first-order chi connectivity index (χ1) is 11.2. The maximum absolute atomic E-state index is 13.5. The highest BCUT2D eigenvalue weighted by Gasteiger charge is 2.22. The van der Waals surface area contributed by atoms with Gasteiger partial charge in [-0.2, -0.15) is 9.65 Å². The van der Waals surface area contributed by atoms with Gasteiger partial charge in [0.05, 0.1) is 17.1 Å². The average Bonchev–Trinajstić information content (AvgIpc) is 2.94. The third-order valence-corrected chi connectivity index (χ3v) is 4.01. The Kier molecular flexibility index (Phi) is 2.88. The van der Waals surface area contributed by atoms with Crippen LogP contribution in [0.15, 0.2) is 36.5 Å². The number of nitriles is 1. The Labute approximate surface area is 131 Å². The van der Waals surface area contributed by atoms with E-state index in [0.717, 1.165) is 16.5 Å². The number of nitrogens with one attached hydrogen (secondary N) is 1. The van der Waals surface area contributed by atoms with Crippen molar-refractivity contribution in [2.75, 3.05) is 6.54 Å². The van der Waals surface area contributed by atoms with Gasteiger partial charge in [0.2, 0.25) is 5.95 Å². The summed E-state index contributed by atoms with van der Waals surface area (Å²) < 4.78 is 15.4. The van der Waals surface area contributed by atoms with Gasteiger partial charge in [-0.05, 0) is 29.8 Å². The molecule has 1 aliphatic rings. The van der Waals surface area contributed by atoms with Gasteiger partial charge >= 0.3 is 0 Å². The zero-order valence-corrected chi connectivity index (χ0v) is 12.0. The molecule has 4 rings (SSSR count). The molecule has 3 aromatic rings. The van der Waals surface area contributed by atoms with Crippen molar-refractivity contribution in [2.45, 2.75) is 6.54 Å². The number of amides is 1. The van der Waals surface area contributed by atoms with Crippen LogP contribution in [0.25, 0.3) is 22.0 Å². The van der Waals surface area contributed by atoms with E-state index in [1.54, 1.807) is 24.3 Å². The van der Waals surface area contributed by atoms with Crippen LogP contribution >= 0.6 is 0 Å². The lowest BCUT2D eigenvalue weighted by Crippen LogP contribution is -2.34. The van der Waals surface area contributed by atoms with Crippen molar-refractivity contribution in [2.24, 2.45) is 0 Å². The predicted molar refractivity (Wildman–Crippen MR) is 82.2 cm³/mol. The second-order valence-electron chi connectivity index (χ2n) is 5.38. The smallest absolute Gasteiger partial charge is 0.268 e. The number of aromatic nitrogens is 2. The highest BCUT2D eigenvalue weighted by atomic mass is 19.1. The molecular formula is C17H11FN4O. The van der Waals surface area contributed by atoms with Crippen LogP contribution in [-0.4, -0.2) is 22.0 Å². The van der Waals surface area contributed by atoms with E-state index < -0.39 is 5.95 Å². The van der Waals surface area contributed by atoms with E-state index >= 15 is 0 Å². The Morgan fingerprint density at radius 1 is 1.30 bits per heavy atom. The molecule has 5 nitrogen and oxygen atoms in total. The van der Waals surface area contributed by atoms with Crippen LogP contribution in [0.1, 0.15) is 16.1 Å². The van der Waals surface area contributed by atoms with Crippen LogP contribution in [0.4, 0.5) is 4.39 Å². The third-order valence-electron chi connectivity index (χ3n) is 4.01. The fraction of sp³-hybridized carbons (Fsp3) is 0.118. The molecule has 112 valence electrons. The van der Waals surface area contributed by atoms with Crippen LogP contribution in [0, 0.1) is 17.3 Å². The van der Waals surface area contributed by atoms with Gasteiger partial charge < -0.3 is 9.88 Å². The highest BCUT2D eigenvalue weighted by molar-refractivity contribution is 6.04. The second-order valence-corrected chi connectivity index (χ2v) is 5.38. The van der Waals surface area contributed by atoms with E-state index in [4.69, 9.17) is 0 Å². The van der Waals surface area contributed by atoms with Crippen LogP contribution in [0.2, 0.25) is 0 Å². The normalized spacial score (nSPS) is 13.5. The van der Waals surface area contributed by atoms with Crippen LogP contribution in [0.3, 0.4) is 0 Å². The first kappa shape index (κ1) is 13.5. The molecule has 0 saturated heterocycles. The standard InChI is InChI=1S/C17H11FN4O/c18-15-8-11(1-2-20-15)13-6-10(9-19)5-12-7-14-17(23)21-3-4-22(14)16(12)13/h1-2,5-8H,3-4H2,(H,21,23). The Morgan fingerprint density at radius 3 is 2.96 bits per heavy atom. The minimum Gasteiger partial charge on any atom is -0.349 e. The molecule has 0 atom stereocenters. The quantitative estimate of drug-likeness (QED) is 0.702.